The molecule has 1 aromatic rings. The molecule has 2 rings (SSSR count). The van der Waals surface area contributed by atoms with Gasteiger partial charge in [-0.2, -0.15) is 13.2 Å². The first-order valence-electron chi connectivity index (χ1n) is 5.79. The molecule has 0 bridgehead atoms. The number of sulfonamides is 1. The zero-order valence-corrected chi connectivity index (χ0v) is 11.0. The number of halogens is 4. The van der Waals surface area contributed by atoms with Gasteiger partial charge in [0, 0.05) is 6.54 Å². The largest absolute Gasteiger partial charge is 0.416 e. The third kappa shape index (κ3) is 3.21. The molecule has 1 aliphatic rings. The minimum atomic E-state index is -4.66. The van der Waals surface area contributed by atoms with Crippen molar-refractivity contribution in [3.8, 4) is 0 Å². The Hall–Kier alpha value is -1.35. The molecule has 1 heterocycles. The van der Waals surface area contributed by atoms with Crippen LogP contribution in [0.25, 0.3) is 0 Å². The number of anilines is 1. The second-order valence-corrected chi connectivity index (χ2v) is 6.42. The van der Waals surface area contributed by atoms with Crippen molar-refractivity contribution < 1.29 is 26.0 Å². The van der Waals surface area contributed by atoms with Crippen molar-refractivity contribution in [3.05, 3.63) is 29.6 Å². The van der Waals surface area contributed by atoms with E-state index in [0.717, 1.165) is 0 Å². The minimum absolute atomic E-state index is 0.190. The topological polar surface area (TPSA) is 58.2 Å². The number of hydrogen-bond donors (Lipinski definition) is 2. The van der Waals surface area contributed by atoms with E-state index in [2.05, 4.69) is 5.32 Å². The Kier molecular flexibility index (Phi) is 3.92. The molecule has 0 aliphatic carbocycles. The predicted octanol–water partition coefficient (Wildman–Crippen LogP) is 1.95. The highest BCUT2D eigenvalue weighted by Gasteiger charge is 2.33. The van der Waals surface area contributed by atoms with Crippen LogP contribution >= 0.6 is 0 Å². The van der Waals surface area contributed by atoms with E-state index in [0.29, 0.717) is 31.2 Å². The number of rotatable bonds is 3. The van der Waals surface area contributed by atoms with Crippen molar-refractivity contribution in [2.45, 2.75) is 17.8 Å². The van der Waals surface area contributed by atoms with Crippen LogP contribution in [0.3, 0.4) is 0 Å². The standard InChI is InChI=1S/C11H12F4N2O2S/c12-9-2-1-7(11(13,14)15)5-10(9)17-20(18,19)8-3-4-16-6-8/h1-2,5,8,16-17H,3-4,6H2. The average molecular weight is 312 g/mol. The van der Waals surface area contributed by atoms with Crippen molar-refractivity contribution in [3.63, 3.8) is 0 Å². The SMILES string of the molecule is O=S(=O)(Nc1cc(C(F)(F)F)ccc1F)C1CCNC1. The van der Waals surface area contributed by atoms with Gasteiger partial charge in [-0.1, -0.05) is 0 Å². The third-order valence-corrected chi connectivity index (χ3v) is 4.78. The van der Waals surface area contributed by atoms with Crippen molar-refractivity contribution in [2.24, 2.45) is 0 Å². The molecule has 0 radical (unpaired) electrons. The summed E-state index contributed by atoms with van der Waals surface area (Å²) in [6.07, 6.45) is -4.33. The smallest absolute Gasteiger partial charge is 0.315 e. The van der Waals surface area contributed by atoms with Gasteiger partial charge >= 0.3 is 6.18 Å². The molecule has 0 saturated carbocycles. The van der Waals surface area contributed by atoms with Crippen molar-refractivity contribution in [2.75, 3.05) is 17.8 Å². The van der Waals surface area contributed by atoms with E-state index in [1.807, 2.05) is 4.72 Å². The van der Waals surface area contributed by atoms with Gasteiger partial charge in [-0.25, -0.2) is 12.8 Å². The fraction of sp³-hybridized carbons (Fsp3) is 0.455. The normalized spacial score (nSPS) is 20.1. The monoisotopic (exact) mass is 312 g/mol. The van der Waals surface area contributed by atoms with E-state index >= 15 is 0 Å². The predicted molar refractivity (Wildman–Crippen MR) is 65.2 cm³/mol. The van der Waals surface area contributed by atoms with Crippen LogP contribution in [0.4, 0.5) is 23.2 Å². The molecule has 1 fully saturated rings. The van der Waals surface area contributed by atoms with Crippen LogP contribution < -0.4 is 10.0 Å². The highest BCUT2D eigenvalue weighted by Crippen LogP contribution is 2.32. The van der Waals surface area contributed by atoms with E-state index in [1.54, 1.807) is 0 Å². The molecule has 1 aliphatic heterocycles. The van der Waals surface area contributed by atoms with Gasteiger partial charge in [0.2, 0.25) is 10.0 Å². The molecule has 112 valence electrons. The Morgan fingerprint density at radius 2 is 2.00 bits per heavy atom. The highest BCUT2D eigenvalue weighted by atomic mass is 32.2. The number of benzene rings is 1. The first-order chi connectivity index (χ1) is 9.20. The summed E-state index contributed by atoms with van der Waals surface area (Å²) < 4.78 is 76.8. The van der Waals surface area contributed by atoms with Crippen LogP contribution in [0, 0.1) is 5.82 Å². The van der Waals surface area contributed by atoms with Crippen molar-refractivity contribution >= 4 is 15.7 Å². The second-order valence-electron chi connectivity index (χ2n) is 4.45. The summed E-state index contributed by atoms with van der Waals surface area (Å²) in [6, 6.07) is 1.60. The zero-order chi connectivity index (χ0) is 15.0. The number of hydrogen-bond acceptors (Lipinski definition) is 3. The molecule has 1 saturated heterocycles. The fourth-order valence-electron chi connectivity index (χ4n) is 1.91. The lowest BCUT2D eigenvalue weighted by molar-refractivity contribution is -0.137. The maximum Gasteiger partial charge on any atom is 0.416 e. The quantitative estimate of drug-likeness (QED) is 0.839. The summed E-state index contributed by atoms with van der Waals surface area (Å²) in [5.41, 5.74) is -1.80. The fourth-order valence-corrected chi connectivity index (χ4v) is 3.30. The van der Waals surface area contributed by atoms with Crippen LogP contribution in [0.15, 0.2) is 18.2 Å². The molecule has 0 amide bonds. The summed E-state index contributed by atoms with van der Waals surface area (Å²) in [5, 5.41) is 2.04. The lowest BCUT2D eigenvalue weighted by Gasteiger charge is -2.15. The first kappa shape index (κ1) is 15.0. The average Bonchev–Trinajstić information content (AvgIpc) is 2.84. The van der Waals surface area contributed by atoms with Crippen molar-refractivity contribution in [1.82, 2.24) is 5.32 Å². The van der Waals surface area contributed by atoms with Crippen LogP contribution in [-0.2, 0) is 16.2 Å². The summed E-state index contributed by atoms with van der Waals surface area (Å²) in [7, 11) is -3.92. The summed E-state index contributed by atoms with van der Waals surface area (Å²) in [5.74, 6) is -1.05. The van der Waals surface area contributed by atoms with E-state index in [-0.39, 0.29) is 6.54 Å². The van der Waals surface area contributed by atoms with Crippen LogP contribution in [0.2, 0.25) is 0 Å². The molecule has 1 aromatic carbocycles. The van der Waals surface area contributed by atoms with Gasteiger partial charge in [0.05, 0.1) is 16.5 Å². The van der Waals surface area contributed by atoms with Gasteiger partial charge in [-0.3, -0.25) is 4.72 Å². The van der Waals surface area contributed by atoms with Crippen LogP contribution in [0.1, 0.15) is 12.0 Å². The number of nitrogens with one attached hydrogen (secondary N) is 2. The van der Waals surface area contributed by atoms with E-state index < -0.39 is 38.5 Å². The van der Waals surface area contributed by atoms with Gasteiger partial charge in [0.15, 0.2) is 0 Å². The van der Waals surface area contributed by atoms with Crippen LogP contribution in [0.5, 0.6) is 0 Å². The summed E-state index contributed by atoms with van der Waals surface area (Å²) in [4.78, 5) is 0. The Morgan fingerprint density at radius 3 is 2.55 bits per heavy atom. The maximum absolute atomic E-state index is 13.5. The van der Waals surface area contributed by atoms with Gasteiger partial charge in [0.25, 0.3) is 0 Å². The summed E-state index contributed by atoms with van der Waals surface area (Å²) >= 11 is 0. The molecule has 1 atom stereocenters. The molecule has 4 nitrogen and oxygen atoms in total. The molecule has 2 N–H and O–H groups in total. The first-order valence-corrected chi connectivity index (χ1v) is 7.34. The van der Waals surface area contributed by atoms with E-state index in [1.165, 1.54) is 0 Å². The lowest BCUT2D eigenvalue weighted by atomic mass is 10.2. The van der Waals surface area contributed by atoms with Gasteiger partial charge in [-0.05, 0) is 31.2 Å². The molecular weight excluding hydrogens is 300 g/mol. The van der Waals surface area contributed by atoms with Crippen LogP contribution in [-0.4, -0.2) is 26.8 Å². The minimum Gasteiger partial charge on any atom is -0.315 e. The molecule has 20 heavy (non-hydrogen) atoms. The molecule has 0 spiro atoms. The van der Waals surface area contributed by atoms with E-state index in [4.69, 9.17) is 0 Å². The zero-order valence-electron chi connectivity index (χ0n) is 10.2. The Balaban J connectivity index is 2.29. The highest BCUT2D eigenvalue weighted by molar-refractivity contribution is 7.93. The second kappa shape index (κ2) is 5.21. The third-order valence-electron chi connectivity index (χ3n) is 3.00. The van der Waals surface area contributed by atoms with E-state index in [9.17, 15) is 26.0 Å². The Labute approximate surface area is 113 Å². The molecule has 0 aromatic heterocycles. The van der Waals surface area contributed by atoms with Gasteiger partial charge in [-0.15, -0.1) is 0 Å². The summed E-state index contributed by atoms with van der Waals surface area (Å²) in [6.45, 7) is 0.687. The number of alkyl halides is 3. The maximum atomic E-state index is 13.5. The van der Waals surface area contributed by atoms with Gasteiger partial charge in [0.1, 0.15) is 5.82 Å². The lowest BCUT2D eigenvalue weighted by Crippen LogP contribution is -2.30. The van der Waals surface area contributed by atoms with Crippen molar-refractivity contribution in [1.29, 1.82) is 0 Å². The Bertz CT molecular complexity index is 595. The molecule has 1 unspecified atom stereocenters. The van der Waals surface area contributed by atoms with Gasteiger partial charge < -0.3 is 5.32 Å². The Morgan fingerprint density at radius 1 is 1.30 bits per heavy atom. The molecule has 9 heteroatoms. The molecular formula is C11H12F4N2O2S.